The zero-order valence-electron chi connectivity index (χ0n) is 11.1. The maximum Gasteiger partial charge on any atom is 0.292 e. The minimum Gasteiger partial charge on any atom is -0.409 e. The van der Waals surface area contributed by atoms with Gasteiger partial charge in [-0.25, -0.2) is 0 Å². The van der Waals surface area contributed by atoms with Gasteiger partial charge in [0, 0.05) is 10.0 Å². The molecule has 20 heavy (non-hydrogen) atoms. The standard InChI is InChI=1S/C14H16BrN3OS/c15-12-6-4-5-11(9-12)13-16-18(14(20)19-13)10-17-7-2-1-3-8-17/h4-6,9H,1-3,7-8,10H2/p+1. The maximum absolute atomic E-state index is 5.63. The van der Waals surface area contributed by atoms with Crippen LogP contribution in [0.15, 0.2) is 33.2 Å². The minimum absolute atomic E-state index is 0.457. The molecule has 0 unspecified atom stereocenters. The molecule has 4 nitrogen and oxygen atoms in total. The molecule has 106 valence electrons. The Morgan fingerprint density at radius 3 is 2.85 bits per heavy atom. The van der Waals surface area contributed by atoms with Gasteiger partial charge in [-0.2, -0.15) is 4.68 Å². The first kappa shape index (κ1) is 14.0. The van der Waals surface area contributed by atoms with Gasteiger partial charge in [-0.15, -0.1) is 5.10 Å². The van der Waals surface area contributed by atoms with E-state index < -0.39 is 0 Å². The molecule has 0 amide bonds. The highest BCUT2D eigenvalue weighted by Gasteiger charge is 2.16. The molecule has 1 aliphatic heterocycles. The summed E-state index contributed by atoms with van der Waals surface area (Å²) in [5.74, 6) is 0.590. The lowest BCUT2D eigenvalue weighted by atomic mass is 10.1. The number of aromatic nitrogens is 2. The molecule has 1 fully saturated rings. The number of hydrogen-bond acceptors (Lipinski definition) is 3. The molecule has 1 aromatic heterocycles. The summed E-state index contributed by atoms with van der Waals surface area (Å²) in [6, 6.07) is 7.90. The van der Waals surface area contributed by atoms with E-state index in [-0.39, 0.29) is 0 Å². The van der Waals surface area contributed by atoms with Crippen molar-refractivity contribution in [2.24, 2.45) is 0 Å². The van der Waals surface area contributed by atoms with Gasteiger partial charge in [0.1, 0.15) is 0 Å². The van der Waals surface area contributed by atoms with Crippen molar-refractivity contribution in [2.75, 3.05) is 13.1 Å². The molecule has 0 bridgehead atoms. The molecule has 1 aliphatic rings. The van der Waals surface area contributed by atoms with Crippen LogP contribution in [-0.2, 0) is 6.67 Å². The summed E-state index contributed by atoms with van der Waals surface area (Å²) in [6.07, 6.45) is 3.93. The van der Waals surface area contributed by atoms with Crippen molar-refractivity contribution in [1.82, 2.24) is 9.78 Å². The lowest BCUT2D eigenvalue weighted by molar-refractivity contribution is -0.928. The Labute approximate surface area is 131 Å². The third-order valence-corrected chi connectivity index (χ3v) is 4.40. The number of quaternary nitrogens is 1. The smallest absolute Gasteiger partial charge is 0.292 e. The van der Waals surface area contributed by atoms with Gasteiger partial charge in [-0.3, -0.25) is 0 Å². The summed E-state index contributed by atoms with van der Waals surface area (Å²) in [5, 5.41) is 4.52. The monoisotopic (exact) mass is 354 g/mol. The van der Waals surface area contributed by atoms with E-state index >= 15 is 0 Å². The van der Waals surface area contributed by atoms with Crippen LogP contribution in [0.25, 0.3) is 11.5 Å². The quantitative estimate of drug-likeness (QED) is 0.860. The van der Waals surface area contributed by atoms with Crippen molar-refractivity contribution in [3.63, 3.8) is 0 Å². The Morgan fingerprint density at radius 1 is 1.30 bits per heavy atom. The third kappa shape index (κ3) is 3.19. The SMILES string of the molecule is S=c1oc(-c2cccc(Br)c2)nn1C[NH+]1CCCCC1. The summed E-state index contributed by atoms with van der Waals surface area (Å²) in [5.41, 5.74) is 0.942. The lowest BCUT2D eigenvalue weighted by Crippen LogP contribution is -3.12. The summed E-state index contributed by atoms with van der Waals surface area (Å²) < 4.78 is 8.45. The predicted octanol–water partition coefficient (Wildman–Crippen LogP) is 2.66. The number of piperidine rings is 1. The van der Waals surface area contributed by atoms with E-state index in [0.29, 0.717) is 10.7 Å². The molecule has 1 aromatic carbocycles. The van der Waals surface area contributed by atoms with Crippen LogP contribution in [0.5, 0.6) is 0 Å². The number of nitrogens with zero attached hydrogens (tertiary/aromatic N) is 2. The number of benzene rings is 1. The van der Waals surface area contributed by atoms with Crippen LogP contribution in [0, 0.1) is 4.84 Å². The van der Waals surface area contributed by atoms with Gasteiger partial charge in [0.05, 0.1) is 13.1 Å². The average Bonchev–Trinajstić information content (AvgIpc) is 2.81. The average molecular weight is 355 g/mol. The van der Waals surface area contributed by atoms with E-state index in [1.54, 1.807) is 0 Å². The van der Waals surface area contributed by atoms with Crippen LogP contribution in [-0.4, -0.2) is 22.9 Å². The van der Waals surface area contributed by atoms with Gasteiger partial charge in [0.25, 0.3) is 4.84 Å². The second-order valence-corrected chi connectivity index (χ2v) is 6.42. The van der Waals surface area contributed by atoms with E-state index in [2.05, 4.69) is 21.0 Å². The Kier molecular flexibility index (Phi) is 4.33. The first-order valence-electron chi connectivity index (χ1n) is 6.90. The van der Waals surface area contributed by atoms with Gasteiger partial charge in [-0.05, 0) is 49.7 Å². The molecule has 0 atom stereocenters. The van der Waals surface area contributed by atoms with Crippen molar-refractivity contribution < 1.29 is 9.32 Å². The summed E-state index contributed by atoms with van der Waals surface area (Å²) in [4.78, 5) is 1.99. The van der Waals surface area contributed by atoms with Crippen LogP contribution in [0.3, 0.4) is 0 Å². The number of hydrogen-bond donors (Lipinski definition) is 1. The van der Waals surface area contributed by atoms with Crippen molar-refractivity contribution in [1.29, 1.82) is 0 Å². The Balaban J connectivity index is 1.81. The molecule has 1 saturated heterocycles. The van der Waals surface area contributed by atoms with Crippen molar-refractivity contribution in [3.8, 4) is 11.5 Å². The van der Waals surface area contributed by atoms with Gasteiger partial charge in [0.2, 0.25) is 5.89 Å². The van der Waals surface area contributed by atoms with E-state index in [1.807, 2.05) is 28.9 Å². The molecule has 0 spiro atoms. The zero-order valence-corrected chi connectivity index (χ0v) is 13.5. The number of rotatable bonds is 3. The van der Waals surface area contributed by atoms with Crippen molar-refractivity contribution in [3.05, 3.63) is 33.6 Å². The highest BCUT2D eigenvalue weighted by molar-refractivity contribution is 9.10. The fourth-order valence-electron chi connectivity index (χ4n) is 2.57. The first-order chi connectivity index (χ1) is 9.72. The number of nitrogens with one attached hydrogen (secondary N) is 1. The van der Waals surface area contributed by atoms with Crippen LogP contribution < -0.4 is 4.90 Å². The molecule has 0 aliphatic carbocycles. The third-order valence-electron chi connectivity index (χ3n) is 3.61. The van der Waals surface area contributed by atoms with Gasteiger partial charge in [0.15, 0.2) is 6.67 Å². The fourth-order valence-corrected chi connectivity index (χ4v) is 3.15. The Bertz CT molecular complexity index is 646. The second kappa shape index (κ2) is 6.20. The molecular formula is C14H17BrN3OS+. The minimum atomic E-state index is 0.457. The normalized spacial score (nSPS) is 16.4. The van der Waals surface area contributed by atoms with Crippen LogP contribution in [0.2, 0.25) is 0 Å². The van der Waals surface area contributed by atoms with E-state index in [0.717, 1.165) is 16.7 Å². The van der Waals surface area contributed by atoms with Crippen LogP contribution >= 0.6 is 28.1 Å². The van der Waals surface area contributed by atoms with Gasteiger partial charge >= 0.3 is 0 Å². The van der Waals surface area contributed by atoms with E-state index in [9.17, 15) is 0 Å². The van der Waals surface area contributed by atoms with Gasteiger partial charge in [-0.1, -0.05) is 22.0 Å². The fraction of sp³-hybridized carbons (Fsp3) is 0.429. The molecule has 2 heterocycles. The highest BCUT2D eigenvalue weighted by Crippen LogP contribution is 2.21. The van der Waals surface area contributed by atoms with Crippen LogP contribution in [0.1, 0.15) is 19.3 Å². The first-order valence-corrected chi connectivity index (χ1v) is 8.10. The maximum atomic E-state index is 5.63. The molecule has 2 aromatic rings. The van der Waals surface area contributed by atoms with Crippen molar-refractivity contribution >= 4 is 28.1 Å². The number of likely N-dealkylation sites (tertiary alicyclic amines) is 1. The van der Waals surface area contributed by atoms with Crippen molar-refractivity contribution in [2.45, 2.75) is 25.9 Å². The largest absolute Gasteiger partial charge is 0.409 e. The van der Waals surface area contributed by atoms with Gasteiger partial charge < -0.3 is 9.32 Å². The lowest BCUT2D eigenvalue weighted by Gasteiger charge is -2.22. The summed E-state index contributed by atoms with van der Waals surface area (Å²) in [6.45, 7) is 3.19. The zero-order chi connectivity index (χ0) is 13.9. The molecule has 3 rings (SSSR count). The van der Waals surface area contributed by atoms with E-state index in [1.165, 1.54) is 37.3 Å². The van der Waals surface area contributed by atoms with Crippen LogP contribution in [0.4, 0.5) is 0 Å². The molecule has 0 saturated carbocycles. The predicted molar refractivity (Wildman–Crippen MR) is 83.0 cm³/mol. The topological polar surface area (TPSA) is 35.4 Å². The Hall–Kier alpha value is -0.980. The molecule has 6 heteroatoms. The molecule has 0 radical (unpaired) electrons. The highest BCUT2D eigenvalue weighted by atomic mass is 79.9. The second-order valence-electron chi connectivity index (χ2n) is 5.15. The summed E-state index contributed by atoms with van der Waals surface area (Å²) >= 11 is 8.74. The Morgan fingerprint density at radius 2 is 2.10 bits per heavy atom. The number of halogens is 1. The summed E-state index contributed by atoms with van der Waals surface area (Å²) in [7, 11) is 0. The molecular weight excluding hydrogens is 338 g/mol. The van der Waals surface area contributed by atoms with E-state index in [4.69, 9.17) is 16.6 Å². The molecule has 1 N–H and O–H groups in total.